The first kappa shape index (κ1) is 17.3. The second kappa shape index (κ2) is 8.11. The van der Waals surface area contributed by atoms with Crippen molar-refractivity contribution >= 4 is 59.4 Å². The van der Waals surface area contributed by atoms with E-state index in [-0.39, 0.29) is 72.5 Å². The van der Waals surface area contributed by atoms with E-state index in [0.29, 0.717) is 11.3 Å². The van der Waals surface area contributed by atoms with E-state index >= 15 is 0 Å². The molecule has 0 radical (unpaired) electrons. The predicted molar refractivity (Wildman–Crippen MR) is 81.4 cm³/mol. The highest BCUT2D eigenvalue weighted by atomic mass is 127. The largest absolute Gasteiger partial charge is 0.508 e. The maximum Gasteiger partial charge on any atom is 0.166 e. The summed E-state index contributed by atoms with van der Waals surface area (Å²) >= 11 is 0. The molecule has 0 aliphatic carbocycles. The van der Waals surface area contributed by atoms with Gasteiger partial charge in [-0.15, -0.1) is 48.0 Å². The number of aromatic hydroxyl groups is 1. The van der Waals surface area contributed by atoms with E-state index in [9.17, 15) is 4.79 Å². The lowest BCUT2D eigenvalue weighted by Gasteiger charge is -2.03. The summed E-state index contributed by atoms with van der Waals surface area (Å²) < 4.78 is 0. The van der Waals surface area contributed by atoms with Crippen molar-refractivity contribution in [2.45, 2.75) is 6.42 Å². The molecular weight excluding hydrogens is 422 g/mol. The zero-order valence-electron chi connectivity index (χ0n) is 7.97. The minimum atomic E-state index is -0.143. The summed E-state index contributed by atoms with van der Waals surface area (Å²) in [5.74, 6) is -0.106. The number of phenolic OH excluding ortho intramolecular Hbond substituents is 1. The standard InChI is InChI=1S/C9H12N2O2.2HI/c10-4-3-9(13)7-5-6(12)1-2-8(7)11;;/h1-2,5,12H,3-4,10-11H2;2*1H. The van der Waals surface area contributed by atoms with Crippen molar-refractivity contribution in [1.29, 1.82) is 0 Å². The molecule has 0 spiro atoms. The van der Waals surface area contributed by atoms with Gasteiger partial charge in [-0.05, 0) is 24.7 Å². The van der Waals surface area contributed by atoms with Crippen molar-refractivity contribution in [3.05, 3.63) is 23.8 Å². The lowest BCUT2D eigenvalue weighted by molar-refractivity contribution is 0.0986. The van der Waals surface area contributed by atoms with Crippen LogP contribution in [0.25, 0.3) is 0 Å². The van der Waals surface area contributed by atoms with Crippen molar-refractivity contribution < 1.29 is 9.90 Å². The lowest BCUT2D eigenvalue weighted by Crippen LogP contribution is -2.09. The average molecular weight is 436 g/mol. The molecule has 0 amide bonds. The molecule has 15 heavy (non-hydrogen) atoms. The summed E-state index contributed by atoms with van der Waals surface area (Å²) in [4.78, 5) is 11.3. The van der Waals surface area contributed by atoms with Gasteiger partial charge in [0.2, 0.25) is 0 Å². The van der Waals surface area contributed by atoms with Crippen LogP contribution in [-0.4, -0.2) is 17.4 Å². The Morgan fingerprint density at radius 1 is 1.33 bits per heavy atom. The van der Waals surface area contributed by atoms with Crippen LogP contribution in [0.1, 0.15) is 16.8 Å². The Hall–Kier alpha value is -0.0900. The summed E-state index contributed by atoms with van der Waals surface area (Å²) in [6, 6.07) is 4.29. The van der Waals surface area contributed by atoms with Gasteiger partial charge in [-0.25, -0.2) is 0 Å². The monoisotopic (exact) mass is 436 g/mol. The maximum atomic E-state index is 11.3. The first-order chi connectivity index (χ1) is 6.15. The van der Waals surface area contributed by atoms with Gasteiger partial charge >= 0.3 is 0 Å². The number of benzene rings is 1. The number of ketones is 1. The molecule has 86 valence electrons. The SMILES string of the molecule is I.I.NCCC(=O)c1cc(O)ccc1N. The van der Waals surface area contributed by atoms with Crippen LogP contribution in [0.3, 0.4) is 0 Å². The Balaban J connectivity index is 0. The van der Waals surface area contributed by atoms with Gasteiger partial charge in [0.05, 0.1) is 0 Å². The Bertz CT molecular complexity index is 332. The van der Waals surface area contributed by atoms with Crippen LogP contribution in [0.4, 0.5) is 5.69 Å². The van der Waals surface area contributed by atoms with Gasteiger partial charge in [0, 0.05) is 17.7 Å². The van der Waals surface area contributed by atoms with Crippen LogP contribution in [0.15, 0.2) is 18.2 Å². The fourth-order valence-electron chi connectivity index (χ4n) is 1.05. The number of Topliss-reactive ketones (excluding diaryl/α,β-unsaturated/α-hetero) is 1. The molecule has 0 aliphatic rings. The Kier molecular flexibility index (Phi) is 9.36. The molecular formula is C9H14I2N2O2. The molecule has 4 nitrogen and oxygen atoms in total. The number of phenols is 1. The zero-order valence-corrected chi connectivity index (χ0v) is 12.6. The third kappa shape index (κ3) is 4.98. The molecule has 0 atom stereocenters. The van der Waals surface area contributed by atoms with Gasteiger partial charge in [0.25, 0.3) is 0 Å². The molecule has 5 N–H and O–H groups in total. The number of hydrogen-bond acceptors (Lipinski definition) is 4. The average Bonchev–Trinajstić information content (AvgIpc) is 2.09. The Labute approximate surface area is 122 Å². The van der Waals surface area contributed by atoms with Crippen LogP contribution in [0.2, 0.25) is 0 Å². The van der Waals surface area contributed by atoms with E-state index in [1.54, 1.807) is 0 Å². The minimum absolute atomic E-state index is 0. The first-order valence-corrected chi connectivity index (χ1v) is 3.97. The van der Waals surface area contributed by atoms with Crippen LogP contribution >= 0.6 is 48.0 Å². The quantitative estimate of drug-likeness (QED) is 0.292. The predicted octanol–water partition coefficient (Wildman–Crippen LogP) is 1.74. The highest BCUT2D eigenvalue weighted by Gasteiger charge is 2.08. The van der Waals surface area contributed by atoms with Crippen molar-refractivity contribution in [2.24, 2.45) is 5.73 Å². The van der Waals surface area contributed by atoms with Crippen molar-refractivity contribution in [3.8, 4) is 5.75 Å². The fourth-order valence-corrected chi connectivity index (χ4v) is 1.05. The molecule has 1 aromatic rings. The molecule has 0 saturated carbocycles. The molecule has 1 aromatic carbocycles. The molecule has 0 aromatic heterocycles. The molecule has 1 rings (SSSR count). The van der Waals surface area contributed by atoms with Gasteiger partial charge in [-0.3, -0.25) is 4.79 Å². The molecule has 6 heteroatoms. The van der Waals surface area contributed by atoms with E-state index in [0.717, 1.165) is 0 Å². The third-order valence-corrected chi connectivity index (χ3v) is 1.71. The van der Waals surface area contributed by atoms with Crippen molar-refractivity contribution in [3.63, 3.8) is 0 Å². The summed E-state index contributed by atoms with van der Waals surface area (Å²) in [6.45, 7) is 0.286. The summed E-state index contributed by atoms with van der Waals surface area (Å²) in [5.41, 5.74) is 11.5. The van der Waals surface area contributed by atoms with Gasteiger partial charge in [-0.2, -0.15) is 0 Å². The number of anilines is 1. The number of rotatable bonds is 3. The molecule has 0 heterocycles. The lowest BCUT2D eigenvalue weighted by atomic mass is 10.1. The zero-order chi connectivity index (χ0) is 9.84. The number of nitrogens with two attached hydrogens (primary N) is 2. The number of nitrogen functional groups attached to an aromatic ring is 1. The molecule has 0 bridgehead atoms. The number of carbonyl (C=O) groups excluding carboxylic acids is 1. The van der Waals surface area contributed by atoms with Crippen molar-refractivity contribution in [2.75, 3.05) is 12.3 Å². The summed E-state index contributed by atoms with van der Waals surface area (Å²) in [7, 11) is 0. The van der Waals surface area contributed by atoms with Crippen molar-refractivity contribution in [1.82, 2.24) is 0 Å². The highest BCUT2D eigenvalue weighted by Crippen LogP contribution is 2.19. The van der Waals surface area contributed by atoms with E-state index in [1.807, 2.05) is 0 Å². The maximum absolute atomic E-state index is 11.3. The molecule has 0 unspecified atom stereocenters. The molecule has 0 fully saturated rings. The van der Waals surface area contributed by atoms with E-state index in [2.05, 4.69) is 0 Å². The number of hydrogen-bond donors (Lipinski definition) is 3. The Morgan fingerprint density at radius 2 is 1.93 bits per heavy atom. The smallest absolute Gasteiger partial charge is 0.166 e. The third-order valence-electron chi connectivity index (χ3n) is 1.71. The summed E-state index contributed by atoms with van der Waals surface area (Å²) in [5, 5.41) is 9.12. The number of halogens is 2. The second-order valence-corrected chi connectivity index (χ2v) is 2.73. The first-order valence-electron chi connectivity index (χ1n) is 3.97. The van der Waals surface area contributed by atoms with Crippen LogP contribution in [0, 0.1) is 0 Å². The van der Waals surface area contributed by atoms with Gasteiger partial charge in [0.1, 0.15) is 5.75 Å². The van der Waals surface area contributed by atoms with E-state index < -0.39 is 0 Å². The van der Waals surface area contributed by atoms with Gasteiger partial charge < -0.3 is 16.6 Å². The fraction of sp³-hybridized carbons (Fsp3) is 0.222. The van der Waals surface area contributed by atoms with E-state index in [1.165, 1.54) is 18.2 Å². The topological polar surface area (TPSA) is 89.3 Å². The van der Waals surface area contributed by atoms with Gasteiger partial charge in [0.15, 0.2) is 5.78 Å². The van der Waals surface area contributed by atoms with Crippen LogP contribution in [0.5, 0.6) is 5.75 Å². The van der Waals surface area contributed by atoms with E-state index in [4.69, 9.17) is 16.6 Å². The molecule has 0 saturated heterocycles. The second-order valence-electron chi connectivity index (χ2n) is 2.73. The molecule has 0 aliphatic heterocycles. The van der Waals surface area contributed by atoms with Crippen LogP contribution in [-0.2, 0) is 0 Å². The normalized spacial score (nSPS) is 8.60. The highest BCUT2D eigenvalue weighted by molar-refractivity contribution is 14.0. The van der Waals surface area contributed by atoms with Gasteiger partial charge in [-0.1, -0.05) is 0 Å². The minimum Gasteiger partial charge on any atom is -0.508 e. The number of carbonyl (C=O) groups is 1. The Morgan fingerprint density at radius 3 is 2.47 bits per heavy atom. The van der Waals surface area contributed by atoms with Crippen LogP contribution < -0.4 is 11.5 Å². The summed E-state index contributed by atoms with van der Waals surface area (Å²) in [6.07, 6.45) is 0.244.